The number of nitrogens with one attached hydrogen (secondary N) is 1. The van der Waals surface area contributed by atoms with Crippen LogP contribution < -0.4 is 5.32 Å². The maximum atomic E-state index is 12.7. The van der Waals surface area contributed by atoms with Crippen LogP contribution in [0.1, 0.15) is 32.1 Å². The number of carbonyl (C=O) groups excluding carboxylic acids is 1. The van der Waals surface area contributed by atoms with E-state index in [0.29, 0.717) is 38.8 Å². The van der Waals surface area contributed by atoms with Crippen molar-refractivity contribution < 1.29 is 13.2 Å². The Balaban J connectivity index is 1.51. The lowest BCUT2D eigenvalue weighted by atomic mass is 9.95. The highest BCUT2D eigenvalue weighted by atomic mass is 35.5. The van der Waals surface area contributed by atoms with Crippen LogP contribution in [0.25, 0.3) is 0 Å². The Morgan fingerprint density at radius 3 is 2.38 bits per heavy atom. The van der Waals surface area contributed by atoms with Gasteiger partial charge >= 0.3 is 0 Å². The third kappa shape index (κ3) is 4.76. The average Bonchev–Trinajstić information content (AvgIpc) is 2.63. The van der Waals surface area contributed by atoms with Crippen molar-refractivity contribution in [1.29, 1.82) is 0 Å². The second-order valence-electron chi connectivity index (χ2n) is 7.01. The van der Waals surface area contributed by atoms with E-state index in [0.717, 1.165) is 12.8 Å². The minimum Gasteiger partial charge on any atom is -0.352 e. The molecule has 26 heavy (non-hydrogen) atoms. The smallest absolute Gasteiger partial charge is 0.244 e. The number of carbonyl (C=O) groups is 1. The second-order valence-corrected chi connectivity index (χ2v) is 9.33. The van der Waals surface area contributed by atoms with E-state index in [1.807, 2.05) is 4.90 Å². The molecule has 1 N–H and O–H groups in total. The van der Waals surface area contributed by atoms with Gasteiger partial charge in [0.05, 0.1) is 11.6 Å². The van der Waals surface area contributed by atoms with Crippen molar-refractivity contribution in [3.63, 3.8) is 0 Å². The monoisotopic (exact) mass is 399 g/mol. The van der Waals surface area contributed by atoms with E-state index >= 15 is 0 Å². The van der Waals surface area contributed by atoms with Gasteiger partial charge in [0.2, 0.25) is 15.9 Å². The van der Waals surface area contributed by atoms with Crippen LogP contribution in [0.2, 0.25) is 5.02 Å². The first-order valence-corrected chi connectivity index (χ1v) is 11.0. The van der Waals surface area contributed by atoms with Crippen molar-refractivity contribution >= 4 is 27.5 Å². The van der Waals surface area contributed by atoms with E-state index in [1.165, 1.54) is 29.6 Å². The lowest BCUT2D eigenvalue weighted by Crippen LogP contribution is -2.51. The number of halogens is 1. The fraction of sp³-hybridized carbons (Fsp3) is 0.611. The Hall–Kier alpha value is -1.15. The zero-order valence-electron chi connectivity index (χ0n) is 14.9. The summed E-state index contributed by atoms with van der Waals surface area (Å²) in [7, 11) is -3.59. The van der Waals surface area contributed by atoms with Crippen molar-refractivity contribution in [1.82, 2.24) is 14.5 Å². The van der Waals surface area contributed by atoms with E-state index in [-0.39, 0.29) is 15.8 Å². The number of piperazine rings is 1. The molecule has 8 heteroatoms. The summed E-state index contributed by atoms with van der Waals surface area (Å²) in [5, 5.41) is 3.35. The molecule has 1 aliphatic heterocycles. The first-order chi connectivity index (χ1) is 12.5. The molecular weight excluding hydrogens is 374 g/mol. The van der Waals surface area contributed by atoms with E-state index in [2.05, 4.69) is 5.32 Å². The van der Waals surface area contributed by atoms with Gasteiger partial charge in [-0.3, -0.25) is 9.69 Å². The SMILES string of the molecule is O=C(CN1CCN(S(=O)(=O)c2ccccc2Cl)CC1)NC1CCCCC1. The fourth-order valence-electron chi connectivity index (χ4n) is 3.64. The zero-order chi connectivity index (χ0) is 18.6. The maximum Gasteiger partial charge on any atom is 0.244 e. The van der Waals surface area contributed by atoms with Crippen LogP contribution in [0.4, 0.5) is 0 Å². The summed E-state index contributed by atoms with van der Waals surface area (Å²) in [5.41, 5.74) is 0. The highest BCUT2D eigenvalue weighted by Crippen LogP contribution is 2.25. The van der Waals surface area contributed by atoms with Gasteiger partial charge in [-0.15, -0.1) is 0 Å². The molecule has 0 unspecified atom stereocenters. The van der Waals surface area contributed by atoms with Crippen LogP contribution >= 0.6 is 11.6 Å². The molecule has 1 heterocycles. The van der Waals surface area contributed by atoms with Gasteiger partial charge in [0.15, 0.2) is 0 Å². The van der Waals surface area contributed by atoms with E-state index < -0.39 is 10.0 Å². The van der Waals surface area contributed by atoms with Crippen LogP contribution in [-0.4, -0.2) is 62.3 Å². The molecule has 1 amide bonds. The van der Waals surface area contributed by atoms with Gasteiger partial charge in [0, 0.05) is 32.2 Å². The molecule has 1 saturated heterocycles. The average molecular weight is 400 g/mol. The number of amides is 1. The minimum absolute atomic E-state index is 0.0410. The quantitative estimate of drug-likeness (QED) is 0.823. The highest BCUT2D eigenvalue weighted by Gasteiger charge is 2.30. The molecule has 1 saturated carbocycles. The van der Waals surface area contributed by atoms with Crippen LogP contribution in [0.15, 0.2) is 29.2 Å². The molecule has 0 spiro atoms. The van der Waals surface area contributed by atoms with Gasteiger partial charge in [-0.25, -0.2) is 8.42 Å². The number of hydrogen-bond donors (Lipinski definition) is 1. The van der Waals surface area contributed by atoms with Crippen molar-refractivity contribution in [3.05, 3.63) is 29.3 Å². The van der Waals surface area contributed by atoms with Gasteiger partial charge in [-0.2, -0.15) is 4.31 Å². The molecule has 6 nitrogen and oxygen atoms in total. The largest absolute Gasteiger partial charge is 0.352 e. The molecule has 144 valence electrons. The molecule has 0 radical (unpaired) electrons. The summed E-state index contributed by atoms with van der Waals surface area (Å²) < 4.78 is 26.9. The first-order valence-electron chi connectivity index (χ1n) is 9.23. The Bertz CT molecular complexity index is 727. The summed E-state index contributed by atoms with van der Waals surface area (Å²) >= 11 is 6.05. The van der Waals surface area contributed by atoms with Gasteiger partial charge in [0.1, 0.15) is 4.90 Å². The van der Waals surface area contributed by atoms with E-state index in [9.17, 15) is 13.2 Å². The van der Waals surface area contributed by atoms with Gasteiger partial charge in [-0.05, 0) is 25.0 Å². The second kappa shape index (κ2) is 8.69. The van der Waals surface area contributed by atoms with Crippen LogP contribution in [0.3, 0.4) is 0 Å². The lowest BCUT2D eigenvalue weighted by Gasteiger charge is -2.34. The number of nitrogens with zero attached hydrogens (tertiary/aromatic N) is 2. The zero-order valence-corrected chi connectivity index (χ0v) is 16.4. The Morgan fingerprint density at radius 1 is 1.08 bits per heavy atom. The van der Waals surface area contributed by atoms with Gasteiger partial charge in [-0.1, -0.05) is 43.0 Å². The molecule has 1 aliphatic carbocycles. The van der Waals surface area contributed by atoms with Crippen molar-refractivity contribution in [2.75, 3.05) is 32.7 Å². The number of rotatable bonds is 5. The van der Waals surface area contributed by atoms with E-state index in [1.54, 1.807) is 18.2 Å². The molecule has 1 aromatic carbocycles. The Morgan fingerprint density at radius 2 is 1.73 bits per heavy atom. The van der Waals surface area contributed by atoms with Crippen molar-refractivity contribution in [2.24, 2.45) is 0 Å². The third-order valence-corrected chi connectivity index (χ3v) is 7.52. The molecule has 0 bridgehead atoms. The highest BCUT2D eigenvalue weighted by molar-refractivity contribution is 7.89. The molecule has 0 atom stereocenters. The summed E-state index contributed by atoms with van der Waals surface area (Å²) in [6.45, 7) is 2.15. The fourth-order valence-corrected chi connectivity index (χ4v) is 5.56. The minimum atomic E-state index is -3.59. The normalized spacial score (nSPS) is 20.8. The standard InChI is InChI=1S/C18H26ClN3O3S/c19-16-8-4-5-9-17(16)26(24,25)22-12-10-21(11-13-22)14-18(23)20-15-6-2-1-3-7-15/h4-5,8-9,15H,1-3,6-7,10-14H2,(H,20,23). The summed E-state index contributed by atoms with van der Waals surface area (Å²) in [5.74, 6) is 0.0410. The van der Waals surface area contributed by atoms with Crippen LogP contribution in [0.5, 0.6) is 0 Å². The molecule has 0 aromatic heterocycles. The summed E-state index contributed by atoms with van der Waals surface area (Å²) in [4.78, 5) is 14.4. The molecular formula is C18H26ClN3O3S. The Kier molecular flexibility index (Phi) is 6.55. The maximum absolute atomic E-state index is 12.7. The topological polar surface area (TPSA) is 69.7 Å². The summed E-state index contributed by atoms with van der Waals surface area (Å²) in [6.07, 6.45) is 5.76. The van der Waals surface area contributed by atoms with Crippen LogP contribution in [0, 0.1) is 0 Å². The van der Waals surface area contributed by atoms with Crippen molar-refractivity contribution in [3.8, 4) is 0 Å². The molecule has 2 fully saturated rings. The first kappa shape index (κ1) is 19.6. The third-order valence-electron chi connectivity index (χ3n) is 5.12. The predicted molar refractivity (Wildman–Crippen MR) is 102 cm³/mol. The van der Waals surface area contributed by atoms with Crippen molar-refractivity contribution in [2.45, 2.75) is 43.0 Å². The number of benzene rings is 1. The number of sulfonamides is 1. The van der Waals surface area contributed by atoms with Crippen LogP contribution in [-0.2, 0) is 14.8 Å². The summed E-state index contributed by atoms with van der Waals surface area (Å²) in [6, 6.07) is 6.80. The predicted octanol–water partition coefficient (Wildman–Crippen LogP) is 2.10. The molecule has 3 rings (SSSR count). The molecule has 2 aliphatic rings. The van der Waals surface area contributed by atoms with E-state index in [4.69, 9.17) is 11.6 Å². The van der Waals surface area contributed by atoms with Gasteiger partial charge < -0.3 is 5.32 Å². The Labute approximate surface area is 160 Å². The molecule has 1 aromatic rings. The lowest BCUT2D eigenvalue weighted by molar-refractivity contribution is -0.123. The number of hydrogen-bond acceptors (Lipinski definition) is 4. The van der Waals surface area contributed by atoms with Gasteiger partial charge in [0.25, 0.3) is 0 Å².